The van der Waals surface area contributed by atoms with Crippen molar-refractivity contribution in [2.75, 3.05) is 13.6 Å². The lowest BCUT2D eigenvalue weighted by atomic mass is 10.0. The Hall–Kier alpha value is -2.21. The highest BCUT2D eigenvalue weighted by Gasteiger charge is 2.33. The van der Waals surface area contributed by atoms with Crippen LogP contribution in [0.25, 0.3) is 10.6 Å². The summed E-state index contributed by atoms with van der Waals surface area (Å²) in [4.78, 5) is 31.0. The molecule has 1 saturated heterocycles. The average Bonchev–Trinajstić information content (AvgIpc) is 3.11. The van der Waals surface area contributed by atoms with Gasteiger partial charge in [-0.3, -0.25) is 9.59 Å². The van der Waals surface area contributed by atoms with Crippen LogP contribution in [0.5, 0.6) is 0 Å². The summed E-state index contributed by atoms with van der Waals surface area (Å²) in [6.07, 6.45) is 2.60. The molecule has 0 aliphatic carbocycles. The van der Waals surface area contributed by atoms with Gasteiger partial charge in [0.1, 0.15) is 16.7 Å². The number of rotatable bonds is 3. The first-order valence-electron chi connectivity index (χ1n) is 8.15. The summed E-state index contributed by atoms with van der Waals surface area (Å²) in [5.41, 5.74) is 2.62. The lowest BCUT2D eigenvalue weighted by molar-refractivity contribution is -0.126. The van der Waals surface area contributed by atoms with Crippen molar-refractivity contribution >= 4 is 23.2 Å². The molecule has 1 aromatic carbocycles. The zero-order valence-corrected chi connectivity index (χ0v) is 14.7. The molecule has 1 aliphatic rings. The van der Waals surface area contributed by atoms with Gasteiger partial charge >= 0.3 is 0 Å². The standard InChI is InChI=1S/C18H21N3O2S/c1-12-6-8-13(9-7-12)17-20-14(11-24-17)18(23)21-10-4-3-5-15(21)16(22)19-2/h6-9,11,15H,3-5,10H2,1-2H3,(H,19,22)/t15-/m1/s1. The van der Waals surface area contributed by atoms with Gasteiger partial charge in [0.2, 0.25) is 5.91 Å². The van der Waals surface area contributed by atoms with Gasteiger partial charge in [-0.15, -0.1) is 11.3 Å². The first kappa shape index (κ1) is 16.6. The molecule has 1 atom stereocenters. The number of hydrogen-bond acceptors (Lipinski definition) is 4. The Balaban J connectivity index is 1.82. The predicted molar refractivity (Wildman–Crippen MR) is 95.0 cm³/mol. The van der Waals surface area contributed by atoms with Gasteiger partial charge in [-0.05, 0) is 26.2 Å². The molecule has 2 amide bonds. The van der Waals surface area contributed by atoms with Gasteiger partial charge in [-0.1, -0.05) is 29.8 Å². The van der Waals surface area contributed by atoms with E-state index in [9.17, 15) is 9.59 Å². The number of nitrogens with zero attached hydrogens (tertiary/aromatic N) is 2. The summed E-state index contributed by atoms with van der Waals surface area (Å²) in [6.45, 7) is 2.64. The molecule has 24 heavy (non-hydrogen) atoms. The Morgan fingerprint density at radius 2 is 2.00 bits per heavy atom. The van der Waals surface area contributed by atoms with Crippen molar-refractivity contribution in [1.29, 1.82) is 0 Å². The molecule has 2 aromatic rings. The van der Waals surface area contributed by atoms with Gasteiger partial charge in [0.25, 0.3) is 5.91 Å². The van der Waals surface area contributed by atoms with E-state index in [0.717, 1.165) is 23.4 Å². The lowest BCUT2D eigenvalue weighted by Crippen LogP contribution is -2.51. The monoisotopic (exact) mass is 343 g/mol. The van der Waals surface area contributed by atoms with Crippen molar-refractivity contribution in [1.82, 2.24) is 15.2 Å². The molecule has 5 nitrogen and oxygen atoms in total. The fourth-order valence-corrected chi connectivity index (χ4v) is 3.76. The second-order valence-electron chi connectivity index (χ2n) is 6.03. The van der Waals surface area contributed by atoms with Gasteiger partial charge in [0.15, 0.2) is 0 Å². The van der Waals surface area contributed by atoms with Gasteiger partial charge in [0.05, 0.1) is 0 Å². The molecule has 1 aliphatic heterocycles. The summed E-state index contributed by atoms with van der Waals surface area (Å²) in [5, 5.41) is 5.27. The van der Waals surface area contributed by atoms with Crippen molar-refractivity contribution in [3.05, 3.63) is 40.9 Å². The minimum atomic E-state index is -0.388. The second-order valence-corrected chi connectivity index (χ2v) is 6.89. The Morgan fingerprint density at radius 1 is 1.25 bits per heavy atom. The maximum absolute atomic E-state index is 12.8. The van der Waals surface area contributed by atoms with Crippen molar-refractivity contribution in [3.8, 4) is 10.6 Å². The van der Waals surface area contributed by atoms with Crippen LogP contribution in [0.15, 0.2) is 29.6 Å². The van der Waals surface area contributed by atoms with Crippen LogP contribution in [0.1, 0.15) is 35.3 Å². The normalized spacial score (nSPS) is 17.6. The smallest absolute Gasteiger partial charge is 0.274 e. The number of nitrogens with one attached hydrogen (secondary N) is 1. The highest BCUT2D eigenvalue weighted by Crippen LogP contribution is 2.26. The van der Waals surface area contributed by atoms with Crippen molar-refractivity contribution in [2.24, 2.45) is 0 Å². The van der Waals surface area contributed by atoms with Crippen molar-refractivity contribution in [2.45, 2.75) is 32.2 Å². The fraction of sp³-hybridized carbons (Fsp3) is 0.389. The summed E-state index contributed by atoms with van der Waals surface area (Å²) in [6, 6.07) is 7.70. The van der Waals surface area contributed by atoms with Crippen LogP contribution in [-0.2, 0) is 4.79 Å². The highest BCUT2D eigenvalue weighted by atomic mass is 32.1. The van der Waals surface area contributed by atoms with Crippen molar-refractivity contribution < 1.29 is 9.59 Å². The molecule has 3 rings (SSSR count). The Morgan fingerprint density at radius 3 is 2.71 bits per heavy atom. The van der Waals surface area contributed by atoms with E-state index >= 15 is 0 Å². The molecule has 1 N–H and O–H groups in total. The van der Waals surface area contributed by atoms with Gasteiger partial charge in [-0.2, -0.15) is 0 Å². The van der Waals surface area contributed by atoms with E-state index in [4.69, 9.17) is 0 Å². The number of aromatic nitrogens is 1. The molecule has 2 heterocycles. The maximum Gasteiger partial charge on any atom is 0.274 e. The molecule has 1 fully saturated rings. The number of carbonyl (C=O) groups excluding carboxylic acids is 2. The van der Waals surface area contributed by atoms with E-state index in [1.807, 2.05) is 31.2 Å². The van der Waals surface area contributed by atoms with E-state index in [0.29, 0.717) is 18.7 Å². The van der Waals surface area contributed by atoms with Crippen LogP contribution in [0.2, 0.25) is 0 Å². The zero-order chi connectivity index (χ0) is 17.1. The third kappa shape index (κ3) is 3.33. The molecular formula is C18H21N3O2S. The number of hydrogen-bond donors (Lipinski definition) is 1. The van der Waals surface area contributed by atoms with Crippen LogP contribution in [0, 0.1) is 6.92 Å². The Bertz CT molecular complexity index is 739. The summed E-state index contributed by atoms with van der Waals surface area (Å²) < 4.78 is 0. The van der Waals surface area contributed by atoms with Crippen LogP contribution < -0.4 is 5.32 Å². The lowest BCUT2D eigenvalue weighted by Gasteiger charge is -2.33. The number of benzene rings is 1. The van der Waals surface area contributed by atoms with E-state index in [1.165, 1.54) is 16.9 Å². The first-order valence-corrected chi connectivity index (χ1v) is 9.03. The molecular weight excluding hydrogens is 322 g/mol. The zero-order valence-electron chi connectivity index (χ0n) is 13.9. The number of piperidine rings is 1. The molecule has 0 unspecified atom stereocenters. The maximum atomic E-state index is 12.8. The summed E-state index contributed by atoms with van der Waals surface area (Å²) >= 11 is 1.46. The molecule has 0 saturated carbocycles. The summed E-state index contributed by atoms with van der Waals surface area (Å²) in [7, 11) is 1.61. The third-order valence-electron chi connectivity index (χ3n) is 4.33. The highest BCUT2D eigenvalue weighted by molar-refractivity contribution is 7.13. The van der Waals surface area contributed by atoms with Crippen LogP contribution >= 0.6 is 11.3 Å². The Kier molecular flexibility index (Phi) is 4.94. The fourth-order valence-electron chi connectivity index (χ4n) is 2.96. The summed E-state index contributed by atoms with van der Waals surface area (Å²) in [5.74, 6) is -0.255. The number of carbonyl (C=O) groups is 2. The van der Waals surface area contributed by atoms with Gasteiger partial charge in [0, 0.05) is 24.5 Å². The predicted octanol–water partition coefficient (Wildman–Crippen LogP) is 2.86. The molecule has 0 spiro atoms. The van der Waals surface area contributed by atoms with Crippen LogP contribution in [-0.4, -0.2) is 41.3 Å². The van der Waals surface area contributed by atoms with Crippen LogP contribution in [0.3, 0.4) is 0 Å². The molecule has 0 radical (unpaired) electrons. The Labute approximate surface area is 145 Å². The van der Waals surface area contributed by atoms with E-state index in [1.54, 1.807) is 17.3 Å². The quantitative estimate of drug-likeness (QED) is 0.932. The largest absolute Gasteiger partial charge is 0.357 e. The van der Waals surface area contributed by atoms with Crippen molar-refractivity contribution in [3.63, 3.8) is 0 Å². The first-order chi connectivity index (χ1) is 11.6. The molecule has 0 bridgehead atoms. The SMILES string of the molecule is CNC(=O)[C@H]1CCCCN1C(=O)c1csc(-c2ccc(C)cc2)n1. The van der Waals surface area contributed by atoms with Gasteiger partial charge in [-0.25, -0.2) is 4.98 Å². The minimum absolute atomic E-state index is 0.1000. The number of amides is 2. The molecule has 126 valence electrons. The second kappa shape index (κ2) is 7.13. The minimum Gasteiger partial charge on any atom is -0.357 e. The topological polar surface area (TPSA) is 62.3 Å². The van der Waals surface area contributed by atoms with Gasteiger partial charge < -0.3 is 10.2 Å². The van der Waals surface area contributed by atoms with Crippen LogP contribution in [0.4, 0.5) is 0 Å². The number of likely N-dealkylation sites (tertiary alicyclic amines) is 1. The van der Waals surface area contributed by atoms with E-state index in [-0.39, 0.29) is 17.9 Å². The number of aryl methyl sites for hydroxylation is 1. The van der Waals surface area contributed by atoms with E-state index in [2.05, 4.69) is 10.3 Å². The van der Waals surface area contributed by atoms with E-state index < -0.39 is 0 Å². The molecule has 6 heteroatoms. The number of likely N-dealkylation sites (N-methyl/N-ethyl adjacent to an activating group) is 1. The third-order valence-corrected chi connectivity index (χ3v) is 5.23. The number of thiazole rings is 1. The molecule has 1 aromatic heterocycles. The average molecular weight is 343 g/mol.